The summed E-state index contributed by atoms with van der Waals surface area (Å²) in [7, 11) is 0. The van der Waals surface area contributed by atoms with Crippen LogP contribution in [-0.4, -0.2) is 15.0 Å². The zero-order chi connectivity index (χ0) is 39.6. The lowest BCUT2D eigenvalue weighted by atomic mass is 9.89. The summed E-state index contributed by atoms with van der Waals surface area (Å²) in [6.45, 7) is 0. The fourth-order valence-corrected chi connectivity index (χ4v) is 9.10. The van der Waals surface area contributed by atoms with Crippen molar-refractivity contribution in [1.82, 2.24) is 15.0 Å². The second-order valence-corrected chi connectivity index (χ2v) is 15.6. The third-order valence-electron chi connectivity index (χ3n) is 12.1. The maximum atomic E-state index is 5.24. The van der Waals surface area contributed by atoms with Crippen LogP contribution in [0.4, 0.5) is 0 Å². The largest absolute Gasteiger partial charge is 0.208 e. The summed E-state index contributed by atoms with van der Waals surface area (Å²) in [6, 6.07) is 75.9. The third kappa shape index (κ3) is 5.71. The second-order valence-electron chi connectivity index (χ2n) is 15.6. The molecule has 0 bridgehead atoms. The lowest BCUT2D eigenvalue weighted by molar-refractivity contribution is 1.08. The molecular weight excluding hydrogens is 727 g/mol. The molecule has 1 aromatic heterocycles. The third-order valence-corrected chi connectivity index (χ3v) is 12.1. The van der Waals surface area contributed by atoms with Crippen molar-refractivity contribution in [2.24, 2.45) is 0 Å². The van der Waals surface area contributed by atoms with Gasteiger partial charge in [-0.25, -0.2) is 15.0 Å². The highest BCUT2D eigenvalue weighted by atomic mass is 15.0. The Labute approximate surface area is 347 Å². The molecule has 12 aromatic rings. The number of nitrogens with zero attached hydrogens (tertiary/aromatic N) is 3. The molecule has 11 aromatic carbocycles. The van der Waals surface area contributed by atoms with Gasteiger partial charge in [-0.3, -0.25) is 0 Å². The lowest BCUT2D eigenvalue weighted by Crippen LogP contribution is -2.01. The first-order valence-electron chi connectivity index (χ1n) is 20.4. The Morgan fingerprint density at radius 3 is 1.40 bits per heavy atom. The summed E-state index contributed by atoms with van der Waals surface area (Å²) in [4.78, 5) is 15.6. The van der Waals surface area contributed by atoms with Crippen LogP contribution in [0.3, 0.4) is 0 Å². The number of rotatable bonds is 6. The molecule has 12 rings (SSSR count). The molecular formula is C57H35N3. The normalized spacial score (nSPS) is 11.7. The summed E-state index contributed by atoms with van der Waals surface area (Å²) in [5.74, 6) is 1.91. The first kappa shape index (κ1) is 34.1. The molecule has 0 aliphatic carbocycles. The van der Waals surface area contributed by atoms with Crippen molar-refractivity contribution in [2.45, 2.75) is 0 Å². The average molecular weight is 762 g/mol. The van der Waals surface area contributed by atoms with Crippen LogP contribution in [0.1, 0.15) is 0 Å². The van der Waals surface area contributed by atoms with Crippen molar-refractivity contribution in [3.63, 3.8) is 0 Å². The molecule has 0 spiro atoms. The zero-order valence-electron chi connectivity index (χ0n) is 32.5. The van der Waals surface area contributed by atoms with Gasteiger partial charge in [-0.15, -0.1) is 0 Å². The van der Waals surface area contributed by atoms with Crippen LogP contribution in [0.2, 0.25) is 0 Å². The summed E-state index contributed by atoms with van der Waals surface area (Å²) in [5.41, 5.74) is 9.94. The van der Waals surface area contributed by atoms with Gasteiger partial charge in [0.2, 0.25) is 0 Å². The molecule has 0 saturated heterocycles. The SMILES string of the molecule is c1ccc(-c2ccc(-c3nc(-c4ccc5cc(-c6ccc7ccc8cccc9ccc6c7c89)ccc5c4)nc(-c4ccc(-c5ccccc5)c5ccccc45)n3)cc2)cc1. The Kier molecular flexibility index (Phi) is 7.85. The fraction of sp³-hybridized carbons (Fsp3) is 0. The smallest absolute Gasteiger partial charge is 0.164 e. The van der Waals surface area contributed by atoms with Crippen LogP contribution >= 0.6 is 0 Å². The zero-order valence-corrected chi connectivity index (χ0v) is 32.5. The number of hydrogen-bond acceptors (Lipinski definition) is 3. The van der Waals surface area contributed by atoms with Gasteiger partial charge < -0.3 is 0 Å². The minimum absolute atomic E-state index is 0.635. The Hall–Kier alpha value is -8.01. The van der Waals surface area contributed by atoms with Gasteiger partial charge in [0.1, 0.15) is 0 Å². The van der Waals surface area contributed by atoms with Gasteiger partial charge in [0.25, 0.3) is 0 Å². The monoisotopic (exact) mass is 761 g/mol. The number of benzene rings is 11. The van der Waals surface area contributed by atoms with Crippen LogP contribution in [0.5, 0.6) is 0 Å². The maximum absolute atomic E-state index is 5.24. The second kappa shape index (κ2) is 13.8. The fourth-order valence-electron chi connectivity index (χ4n) is 9.10. The molecule has 3 nitrogen and oxygen atoms in total. The Bertz CT molecular complexity index is 3560. The number of fused-ring (bicyclic) bond motifs is 2. The topological polar surface area (TPSA) is 38.7 Å². The molecule has 1 heterocycles. The predicted molar refractivity (Wildman–Crippen MR) is 251 cm³/mol. The molecule has 0 fully saturated rings. The van der Waals surface area contributed by atoms with E-state index in [1.807, 2.05) is 6.07 Å². The van der Waals surface area contributed by atoms with E-state index < -0.39 is 0 Å². The summed E-state index contributed by atoms with van der Waals surface area (Å²) in [6.07, 6.45) is 0. The molecule has 0 amide bonds. The van der Waals surface area contributed by atoms with Crippen LogP contribution < -0.4 is 0 Å². The molecule has 3 heteroatoms. The molecule has 0 N–H and O–H groups in total. The lowest BCUT2D eigenvalue weighted by Gasteiger charge is -2.15. The Morgan fingerprint density at radius 1 is 0.217 bits per heavy atom. The van der Waals surface area contributed by atoms with Gasteiger partial charge in [0, 0.05) is 16.7 Å². The van der Waals surface area contributed by atoms with Gasteiger partial charge in [0.05, 0.1) is 0 Å². The first-order valence-corrected chi connectivity index (χ1v) is 20.4. The molecule has 0 atom stereocenters. The average Bonchev–Trinajstić information content (AvgIpc) is 3.33. The van der Waals surface area contributed by atoms with E-state index in [-0.39, 0.29) is 0 Å². The molecule has 278 valence electrons. The van der Waals surface area contributed by atoms with Gasteiger partial charge >= 0.3 is 0 Å². The van der Waals surface area contributed by atoms with E-state index in [4.69, 9.17) is 15.0 Å². The number of aromatic nitrogens is 3. The van der Waals surface area contributed by atoms with Crippen LogP contribution in [0, 0.1) is 0 Å². The summed E-state index contributed by atoms with van der Waals surface area (Å²) in [5, 5.41) is 12.3. The molecule has 0 radical (unpaired) electrons. The van der Waals surface area contributed by atoms with Crippen LogP contribution in [0.15, 0.2) is 212 Å². The van der Waals surface area contributed by atoms with Crippen LogP contribution in [-0.2, 0) is 0 Å². The highest BCUT2D eigenvalue weighted by molar-refractivity contribution is 6.25. The molecule has 0 unspecified atom stereocenters. The standard InChI is InChI=1S/C57H35N3/c1-3-10-36(11-4-1)37-18-22-42(23-19-37)55-58-56(60-57(59-55)52-33-32-47(38-12-5-2-6-13-38)49-16-7-8-17-50(49)52)46-27-25-43-34-45(26-24-44(43)35-46)48-30-28-41-21-20-39-14-9-15-40-29-31-51(48)54(41)53(39)40/h1-35H. The highest BCUT2D eigenvalue weighted by Crippen LogP contribution is 2.41. The first-order chi connectivity index (χ1) is 29.7. The predicted octanol–water partition coefficient (Wildman–Crippen LogP) is 15.1. The molecule has 0 aliphatic heterocycles. The van der Waals surface area contributed by atoms with E-state index in [2.05, 4.69) is 206 Å². The van der Waals surface area contributed by atoms with Gasteiger partial charge in [-0.1, -0.05) is 194 Å². The van der Waals surface area contributed by atoms with Crippen molar-refractivity contribution in [2.75, 3.05) is 0 Å². The van der Waals surface area contributed by atoms with E-state index in [1.54, 1.807) is 0 Å². The van der Waals surface area contributed by atoms with Crippen molar-refractivity contribution in [3.05, 3.63) is 212 Å². The minimum Gasteiger partial charge on any atom is -0.208 e. The minimum atomic E-state index is 0.635. The van der Waals surface area contributed by atoms with E-state index >= 15 is 0 Å². The van der Waals surface area contributed by atoms with E-state index in [0.717, 1.165) is 43.8 Å². The van der Waals surface area contributed by atoms with Crippen molar-refractivity contribution >= 4 is 53.9 Å². The molecule has 60 heavy (non-hydrogen) atoms. The van der Waals surface area contributed by atoms with E-state index in [1.165, 1.54) is 60.1 Å². The Balaban J connectivity index is 0.987. The highest BCUT2D eigenvalue weighted by Gasteiger charge is 2.18. The molecule has 0 saturated carbocycles. The molecule has 0 aliphatic rings. The van der Waals surface area contributed by atoms with Crippen molar-refractivity contribution in [3.8, 4) is 67.5 Å². The van der Waals surface area contributed by atoms with Gasteiger partial charge in [-0.05, 0) is 105 Å². The van der Waals surface area contributed by atoms with Gasteiger partial charge in [-0.2, -0.15) is 0 Å². The summed E-state index contributed by atoms with van der Waals surface area (Å²) >= 11 is 0. The van der Waals surface area contributed by atoms with Gasteiger partial charge in [0.15, 0.2) is 17.5 Å². The summed E-state index contributed by atoms with van der Waals surface area (Å²) < 4.78 is 0. The van der Waals surface area contributed by atoms with Crippen molar-refractivity contribution in [1.29, 1.82) is 0 Å². The maximum Gasteiger partial charge on any atom is 0.164 e. The van der Waals surface area contributed by atoms with E-state index in [9.17, 15) is 0 Å². The van der Waals surface area contributed by atoms with Crippen LogP contribution in [0.25, 0.3) is 121 Å². The number of hydrogen-bond donors (Lipinski definition) is 0. The van der Waals surface area contributed by atoms with E-state index in [0.29, 0.717) is 17.5 Å². The van der Waals surface area contributed by atoms with Crippen molar-refractivity contribution < 1.29 is 0 Å². The Morgan fingerprint density at radius 2 is 0.667 bits per heavy atom. The quantitative estimate of drug-likeness (QED) is 0.158.